The minimum absolute atomic E-state index is 0.00972. The summed E-state index contributed by atoms with van der Waals surface area (Å²) < 4.78 is 0. The van der Waals surface area contributed by atoms with Crippen molar-refractivity contribution in [3.05, 3.63) is 0 Å². The number of carbonyl (C=O) groups is 2. The van der Waals surface area contributed by atoms with Crippen LogP contribution in [-0.2, 0) is 9.59 Å². The third kappa shape index (κ3) is 2.68. The van der Waals surface area contributed by atoms with Gasteiger partial charge in [0.1, 0.15) is 12.1 Å². The van der Waals surface area contributed by atoms with Gasteiger partial charge in [-0.3, -0.25) is 9.59 Å². The molecule has 1 saturated heterocycles. The molecule has 18 heavy (non-hydrogen) atoms. The summed E-state index contributed by atoms with van der Waals surface area (Å²) in [5, 5.41) is 2.85. The van der Waals surface area contributed by atoms with Crippen LogP contribution >= 0.6 is 0 Å². The first kappa shape index (κ1) is 13.4. The van der Waals surface area contributed by atoms with E-state index in [-0.39, 0.29) is 29.3 Å². The quantitative estimate of drug-likeness (QED) is 0.825. The van der Waals surface area contributed by atoms with Crippen LogP contribution in [0.1, 0.15) is 47.0 Å². The lowest BCUT2D eigenvalue weighted by Crippen LogP contribution is -2.63. The van der Waals surface area contributed by atoms with E-state index < -0.39 is 0 Å². The van der Waals surface area contributed by atoms with Gasteiger partial charge in [0, 0.05) is 6.54 Å². The Morgan fingerprint density at radius 1 is 1.39 bits per heavy atom. The molecule has 2 rings (SSSR count). The van der Waals surface area contributed by atoms with Crippen LogP contribution in [-0.4, -0.2) is 35.3 Å². The second-order valence-corrected chi connectivity index (χ2v) is 6.64. The highest BCUT2D eigenvalue weighted by molar-refractivity contribution is 5.96. The van der Waals surface area contributed by atoms with Gasteiger partial charge in [-0.1, -0.05) is 20.8 Å². The van der Waals surface area contributed by atoms with Gasteiger partial charge in [-0.25, -0.2) is 0 Å². The molecular weight excluding hydrogens is 228 g/mol. The summed E-state index contributed by atoms with van der Waals surface area (Å²) in [7, 11) is 0. The molecule has 1 N–H and O–H groups in total. The van der Waals surface area contributed by atoms with E-state index in [2.05, 4.69) is 26.1 Å². The van der Waals surface area contributed by atoms with Gasteiger partial charge in [0.25, 0.3) is 0 Å². The summed E-state index contributed by atoms with van der Waals surface area (Å²) >= 11 is 0. The molecule has 0 spiro atoms. The molecule has 0 aromatic carbocycles. The lowest BCUT2D eigenvalue weighted by molar-refractivity contribution is -0.149. The highest BCUT2D eigenvalue weighted by Crippen LogP contribution is 2.46. The van der Waals surface area contributed by atoms with E-state index in [4.69, 9.17) is 0 Å². The molecule has 102 valence electrons. The molecule has 1 heterocycles. The Morgan fingerprint density at radius 3 is 2.50 bits per heavy atom. The first-order valence-electron chi connectivity index (χ1n) is 6.93. The standard InChI is InChI=1S/C14H24N2O2/c1-9(2)7-11-13(18)16(8-14(4)5-6-14)10(3)12(17)15-11/h9-11H,5-8H2,1-4H3,(H,15,17). The molecule has 2 atom stereocenters. The van der Waals surface area contributed by atoms with Crippen LogP contribution in [0.25, 0.3) is 0 Å². The SMILES string of the molecule is CC(C)CC1NC(=O)C(C)N(CC2(C)CC2)C1=O. The van der Waals surface area contributed by atoms with Crippen molar-refractivity contribution >= 4 is 11.8 Å². The van der Waals surface area contributed by atoms with E-state index in [9.17, 15) is 9.59 Å². The van der Waals surface area contributed by atoms with Crippen LogP contribution in [0.4, 0.5) is 0 Å². The van der Waals surface area contributed by atoms with Gasteiger partial charge < -0.3 is 10.2 Å². The van der Waals surface area contributed by atoms with E-state index in [1.807, 2.05) is 6.92 Å². The zero-order valence-corrected chi connectivity index (χ0v) is 11.8. The molecule has 1 aliphatic carbocycles. The van der Waals surface area contributed by atoms with Gasteiger partial charge in [0.15, 0.2) is 0 Å². The maximum absolute atomic E-state index is 12.4. The zero-order chi connectivity index (χ0) is 13.5. The normalized spacial score (nSPS) is 30.6. The third-order valence-electron chi connectivity index (χ3n) is 4.11. The molecule has 1 saturated carbocycles. The number of nitrogens with zero attached hydrogens (tertiary/aromatic N) is 1. The number of hydrogen-bond donors (Lipinski definition) is 1. The number of rotatable bonds is 4. The monoisotopic (exact) mass is 252 g/mol. The molecule has 0 radical (unpaired) electrons. The highest BCUT2D eigenvalue weighted by Gasteiger charge is 2.45. The van der Waals surface area contributed by atoms with Crippen LogP contribution < -0.4 is 5.32 Å². The summed E-state index contributed by atoms with van der Waals surface area (Å²) in [4.78, 5) is 26.2. The molecule has 2 fully saturated rings. The van der Waals surface area contributed by atoms with E-state index in [1.54, 1.807) is 4.90 Å². The Labute approximate surface area is 109 Å². The van der Waals surface area contributed by atoms with Gasteiger partial charge in [-0.05, 0) is 37.5 Å². The fourth-order valence-corrected chi connectivity index (χ4v) is 2.52. The number of carbonyl (C=O) groups excluding carboxylic acids is 2. The summed E-state index contributed by atoms with van der Waals surface area (Å²) in [6.07, 6.45) is 3.06. The van der Waals surface area contributed by atoms with Crippen molar-refractivity contribution in [2.75, 3.05) is 6.54 Å². The Morgan fingerprint density at radius 2 is 2.00 bits per heavy atom. The van der Waals surface area contributed by atoms with Gasteiger partial charge >= 0.3 is 0 Å². The van der Waals surface area contributed by atoms with Crippen molar-refractivity contribution in [2.24, 2.45) is 11.3 Å². The maximum Gasteiger partial charge on any atom is 0.245 e. The summed E-state index contributed by atoms with van der Waals surface area (Å²) in [5.41, 5.74) is 0.254. The molecule has 2 amide bonds. The topological polar surface area (TPSA) is 49.4 Å². The molecule has 2 aliphatic rings. The van der Waals surface area contributed by atoms with Crippen molar-refractivity contribution in [2.45, 2.75) is 59.0 Å². The van der Waals surface area contributed by atoms with Gasteiger partial charge in [-0.15, -0.1) is 0 Å². The Kier molecular flexibility index (Phi) is 3.39. The number of amides is 2. The number of nitrogens with one attached hydrogen (secondary N) is 1. The first-order chi connectivity index (χ1) is 8.32. The van der Waals surface area contributed by atoms with Crippen LogP contribution in [0.15, 0.2) is 0 Å². The van der Waals surface area contributed by atoms with Crippen molar-refractivity contribution in [1.82, 2.24) is 10.2 Å². The predicted molar refractivity (Wildman–Crippen MR) is 69.9 cm³/mol. The average molecular weight is 252 g/mol. The largest absolute Gasteiger partial charge is 0.343 e. The third-order valence-corrected chi connectivity index (χ3v) is 4.11. The van der Waals surface area contributed by atoms with Crippen molar-refractivity contribution < 1.29 is 9.59 Å². The number of piperazine rings is 1. The van der Waals surface area contributed by atoms with Crippen LogP contribution in [0, 0.1) is 11.3 Å². The number of hydrogen-bond acceptors (Lipinski definition) is 2. The van der Waals surface area contributed by atoms with Gasteiger partial charge in [0.05, 0.1) is 0 Å². The van der Waals surface area contributed by atoms with Crippen LogP contribution in [0.5, 0.6) is 0 Å². The fourth-order valence-electron chi connectivity index (χ4n) is 2.52. The molecule has 0 aromatic heterocycles. The molecule has 4 heteroatoms. The first-order valence-corrected chi connectivity index (χ1v) is 6.93. The predicted octanol–water partition coefficient (Wildman–Crippen LogP) is 1.55. The smallest absolute Gasteiger partial charge is 0.245 e. The molecular formula is C14H24N2O2. The second kappa shape index (κ2) is 4.56. The summed E-state index contributed by atoms with van der Waals surface area (Å²) in [6, 6.07) is -0.644. The Bertz CT molecular complexity index is 361. The maximum atomic E-state index is 12.4. The van der Waals surface area contributed by atoms with E-state index in [1.165, 1.54) is 12.8 Å². The van der Waals surface area contributed by atoms with Crippen LogP contribution in [0.2, 0.25) is 0 Å². The Hall–Kier alpha value is -1.06. The van der Waals surface area contributed by atoms with E-state index >= 15 is 0 Å². The fraction of sp³-hybridized carbons (Fsp3) is 0.857. The zero-order valence-electron chi connectivity index (χ0n) is 11.8. The highest BCUT2D eigenvalue weighted by atomic mass is 16.2. The Balaban J connectivity index is 2.09. The van der Waals surface area contributed by atoms with Crippen molar-refractivity contribution in [3.8, 4) is 0 Å². The molecule has 0 aromatic rings. The molecule has 2 unspecified atom stereocenters. The molecule has 4 nitrogen and oxygen atoms in total. The lowest BCUT2D eigenvalue weighted by Gasteiger charge is -2.39. The average Bonchev–Trinajstić information content (AvgIpc) is 2.99. The summed E-state index contributed by atoms with van der Waals surface area (Å²) in [5.74, 6) is 0.499. The lowest BCUT2D eigenvalue weighted by atomic mass is 9.97. The van der Waals surface area contributed by atoms with Gasteiger partial charge in [-0.2, -0.15) is 0 Å². The minimum atomic E-state index is -0.323. The molecule has 0 bridgehead atoms. The minimum Gasteiger partial charge on any atom is -0.343 e. The van der Waals surface area contributed by atoms with Crippen molar-refractivity contribution in [1.29, 1.82) is 0 Å². The van der Waals surface area contributed by atoms with E-state index in [0.717, 1.165) is 13.0 Å². The van der Waals surface area contributed by atoms with Gasteiger partial charge in [0.2, 0.25) is 11.8 Å². The van der Waals surface area contributed by atoms with Crippen molar-refractivity contribution in [3.63, 3.8) is 0 Å². The molecule has 1 aliphatic heterocycles. The summed E-state index contributed by atoms with van der Waals surface area (Å²) in [6.45, 7) is 8.89. The van der Waals surface area contributed by atoms with E-state index in [0.29, 0.717) is 5.92 Å². The van der Waals surface area contributed by atoms with Crippen LogP contribution in [0.3, 0.4) is 0 Å². The second-order valence-electron chi connectivity index (χ2n) is 6.64.